The Morgan fingerprint density at radius 1 is 1.16 bits per heavy atom. The van der Waals surface area contributed by atoms with Crippen LogP contribution in [0.3, 0.4) is 0 Å². The first-order valence-corrected chi connectivity index (χ1v) is 6.74. The lowest BCUT2D eigenvalue weighted by Crippen LogP contribution is -2.40. The second kappa shape index (κ2) is 6.28. The minimum Gasteiger partial charge on any atom is -0.369 e. The van der Waals surface area contributed by atoms with E-state index < -0.39 is 17.5 Å². The van der Waals surface area contributed by atoms with Gasteiger partial charge in [0.1, 0.15) is 5.82 Å². The summed E-state index contributed by atoms with van der Waals surface area (Å²) in [5.41, 5.74) is 0.163. The Bertz CT molecular complexity index is 437. The second-order valence-electron chi connectivity index (χ2n) is 4.91. The van der Waals surface area contributed by atoms with Crippen molar-refractivity contribution in [2.24, 2.45) is 0 Å². The third-order valence-corrected chi connectivity index (χ3v) is 3.61. The van der Waals surface area contributed by atoms with E-state index in [1.54, 1.807) is 4.90 Å². The van der Waals surface area contributed by atoms with Crippen molar-refractivity contribution in [3.63, 3.8) is 0 Å². The van der Waals surface area contributed by atoms with Crippen LogP contribution in [0, 0.1) is 17.5 Å². The van der Waals surface area contributed by atoms with Crippen molar-refractivity contribution in [1.29, 1.82) is 0 Å². The molecule has 106 valence electrons. The van der Waals surface area contributed by atoms with Crippen LogP contribution in [0.4, 0.5) is 18.9 Å². The highest BCUT2D eigenvalue weighted by Crippen LogP contribution is 2.24. The van der Waals surface area contributed by atoms with Gasteiger partial charge in [0, 0.05) is 31.3 Å². The molecule has 1 aromatic carbocycles. The Morgan fingerprint density at radius 3 is 2.63 bits per heavy atom. The molecule has 1 unspecified atom stereocenters. The van der Waals surface area contributed by atoms with Gasteiger partial charge in [0.25, 0.3) is 0 Å². The van der Waals surface area contributed by atoms with E-state index in [2.05, 4.69) is 12.2 Å². The molecular formula is C14H19F3N2. The van der Waals surface area contributed by atoms with Gasteiger partial charge in [-0.05, 0) is 25.8 Å². The van der Waals surface area contributed by atoms with Gasteiger partial charge in [0.2, 0.25) is 0 Å². The monoisotopic (exact) mass is 272 g/mol. The summed E-state index contributed by atoms with van der Waals surface area (Å²) < 4.78 is 40.0. The largest absolute Gasteiger partial charge is 0.369 e. The van der Waals surface area contributed by atoms with Gasteiger partial charge in [-0.3, -0.25) is 0 Å². The van der Waals surface area contributed by atoms with E-state index in [0.29, 0.717) is 25.2 Å². The molecule has 1 aliphatic rings. The lowest BCUT2D eigenvalue weighted by molar-refractivity contribution is 0.435. The summed E-state index contributed by atoms with van der Waals surface area (Å²) in [6.07, 6.45) is 2.73. The highest BCUT2D eigenvalue weighted by atomic mass is 19.2. The maximum absolute atomic E-state index is 13.8. The molecule has 1 fully saturated rings. The molecule has 1 atom stereocenters. The molecule has 0 aromatic heterocycles. The molecule has 5 heteroatoms. The molecule has 1 aliphatic heterocycles. The van der Waals surface area contributed by atoms with Crippen LogP contribution in [0.5, 0.6) is 0 Å². The molecule has 0 spiro atoms. The Hall–Kier alpha value is -1.23. The van der Waals surface area contributed by atoms with E-state index >= 15 is 0 Å². The van der Waals surface area contributed by atoms with E-state index in [0.717, 1.165) is 31.9 Å². The molecule has 0 aliphatic carbocycles. The van der Waals surface area contributed by atoms with Crippen LogP contribution in [0.25, 0.3) is 0 Å². The molecule has 1 heterocycles. The molecule has 1 saturated heterocycles. The number of hydrogen-bond donors (Lipinski definition) is 1. The number of anilines is 1. The fourth-order valence-corrected chi connectivity index (χ4v) is 2.45. The SMILES string of the molecule is CCC1CCN(c2cc(F)c(F)cc2F)CCCN1. The van der Waals surface area contributed by atoms with Gasteiger partial charge in [0.15, 0.2) is 11.6 Å². The predicted octanol–water partition coefficient (Wildman–Crippen LogP) is 3.07. The number of halogens is 3. The van der Waals surface area contributed by atoms with Crippen molar-refractivity contribution in [1.82, 2.24) is 5.32 Å². The van der Waals surface area contributed by atoms with E-state index in [1.165, 1.54) is 0 Å². The fraction of sp³-hybridized carbons (Fsp3) is 0.571. The van der Waals surface area contributed by atoms with Crippen molar-refractivity contribution in [3.8, 4) is 0 Å². The van der Waals surface area contributed by atoms with Crippen LogP contribution in [0.2, 0.25) is 0 Å². The predicted molar refractivity (Wildman–Crippen MR) is 69.8 cm³/mol. The van der Waals surface area contributed by atoms with Crippen LogP contribution in [0.15, 0.2) is 12.1 Å². The molecule has 1 aromatic rings. The van der Waals surface area contributed by atoms with Crippen molar-refractivity contribution < 1.29 is 13.2 Å². The van der Waals surface area contributed by atoms with Gasteiger partial charge in [-0.1, -0.05) is 6.92 Å². The molecule has 19 heavy (non-hydrogen) atoms. The number of nitrogens with zero attached hydrogens (tertiary/aromatic N) is 1. The molecule has 2 nitrogen and oxygen atoms in total. The van der Waals surface area contributed by atoms with Gasteiger partial charge in [-0.15, -0.1) is 0 Å². The minimum atomic E-state index is -1.14. The standard InChI is InChI=1S/C14H19F3N2/c1-2-10-4-7-19(6-3-5-18-10)14-9-12(16)11(15)8-13(14)17/h8-10,18H,2-7H2,1H3. The minimum absolute atomic E-state index is 0.163. The third-order valence-electron chi connectivity index (χ3n) is 3.61. The maximum atomic E-state index is 13.8. The Morgan fingerprint density at radius 2 is 1.89 bits per heavy atom. The van der Waals surface area contributed by atoms with E-state index in [4.69, 9.17) is 0 Å². The number of hydrogen-bond acceptors (Lipinski definition) is 2. The molecule has 0 amide bonds. The first kappa shape index (κ1) is 14.2. The highest BCUT2D eigenvalue weighted by Gasteiger charge is 2.18. The van der Waals surface area contributed by atoms with Gasteiger partial charge >= 0.3 is 0 Å². The average Bonchev–Trinajstić information content (AvgIpc) is 2.35. The molecular weight excluding hydrogens is 253 g/mol. The maximum Gasteiger partial charge on any atom is 0.161 e. The summed E-state index contributed by atoms with van der Waals surface area (Å²) in [7, 11) is 0. The fourth-order valence-electron chi connectivity index (χ4n) is 2.45. The van der Waals surface area contributed by atoms with Gasteiger partial charge in [0.05, 0.1) is 5.69 Å². The quantitative estimate of drug-likeness (QED) is 0.832. The van der Waals surface area contributed by atoms with Crippen molar-refractivity contribution in [3.05, 3.63) is 29.6 Å². The molecule has 2 rings (SSSR count). The highest BCUT2D eigenvalue weighted by molar-refractivity contribution is 5.48. The zero-order valence-corrected chi connectivity index (χ0v) is 11.1. The van der Waals surface area contributed by atoms with E-state index in [-0.39, 0.29) is 5.69 Å². The summed E-state index contributed by atoms with van der Waals surface area (Å²) in [5.74, 6) is -2.83. The van der Waals surface area contributed by atoms with Gasteiger partial charge in [-0.25, -0.2) is 13.2 Å². The van der Waals surface area contributed by atoms with Crippen LogP contribution < -0.4 is 10.2 Å². The van der Waals surface area contributed by atoms with Crippen LogP contribution in [0.1, 0.15) is 26.2 Å². The van der Waals surface area contributed by atoms with E-state index in [9.17, 15) is 13.2 Å². The normalized spacial score (nSPS) is 21.1. The van der Waals surface area contributed by atoms with Crippen LogP contribution in [-0.2, 0) is 0 Å². The first-order valence-electron chi connectivity index (χ1n) is 6.74. The Kier molecular flexibility index (Phi) is 4.69. The summed E-state index contributed by atoms with van der Waals surface area (Å²) in [6, 6.07) is 1.98. The number of nitrogens with one attached hydrogen (secondary N) is 1. The molecule has 0 bridgehead atoms. The zero-order valence-electron chi connectivity index (χ0n) is 11.1. The zero-order chi connectivity index (χ0) is 13.8. The molecule has 0 saturated carbocycles. The Balaban J connectivity index is 2.17. The first-order chi connectivity index (χ1) is 9.11. The van der Waals surface area contributed by atoms with Crippen LogP contribution in [-0.4, -0.2) is 25.7 Å². The van der Waals surface area contributed by atoms with E-state index in [1.807, 2.05) is 0 Å². The van der Waals surface area contributed by atoms with Crippen molar-refractivity contribution in [2.75, 3.05) is 24.5 Å². The van der Waals surface area contributed by atoms with Crippen LogP contribution >= 0.6 is 0 Å². The van der Waals surface area contributed by atoms with Crippen molar-refractivity contribution in [2.45, 2.75) is 32.2 Å². The molecule has 0 radical (unpaired) electrons. The lowest BCUT2D eigenvalue weighted by Gasteiger charge is -2.30. The summed E-state index contributed by atoms with van der Waals surface area (Å²) in [6.45, 7) is 4.25. The molecule has 1 N–H and O–H groups in total. The Labute approximate surface area is 111 Å². The summed E-state index contributed by atoms with van der Waals surface area (Å²) in [5, 5.41) is 3.42. The lowest BCUT2D eigenvalue weighted by atomic mass is 10.1. The number of rotatable bonds is 2. The third kappa shape index (κ3) is 3.41. The van der Waals surface area contributed by atoms with Crippen molar-refractivity contribution >= 4 is 5.69 Å². The number of benzene rings is 1. The topological polar surface area (TPSA) is 15.3 Å². The average molecular weight is 272 g/mol. The second-order valence-corrected chi connectivity index (χ2v) is 4.91. The summed E-state index contributed by atoms with van der Waals surface area (Å²) in [4.78, 5) is 1.81. The summed E-state index contributed by atoms with van der Waals surface area (Å²) >= 11 is 0. The smallest absolute Gasteiger partial charge is 0.161 e. The van der Waals surface area contributed by atoms with Gasteiger partial charge < -0.3 is 10.2 Å². The van der Waals surface area contributed by atoms with Gasteiger partial charge in [-0.2, -0.15) is 0 Å².